The smallest absolute Gasteiger partial charge is 0.0595 e. The van der Waals surface area contributed by atoms with Crippen LogP contribution in [0.25, 0.3) is 0 Å². The van der Waals surface area contributed by atoms with E-state index >= 15 is 0 Å². The van der Waals surface area contributed by atoms with E-state index in [-0.39, 0.29) is 0 Å². The highest BCUT2D eigenvalue weighted by atomic mass is 35.5. The molecule has 2 aromatic rings. The van der Waals surface area contributed by atoms with Crippen molar-refractivity contribution in [2.24, 2.45) is 0 Å². The Balaban J connectivity index is 2.40. The van der Waals surface area contributed by atoms with Crippen molar-refractivity contribution in [2.75, 3.05) is 11.8 Å². The van der Waals surface area contributed by atoms with E-state index in [0.29, 0.717) is 33.2 Å². The molecule has 112 valence electrons. The van der Waals surface area contributed by atoms with Crippen LogP contribution in [0.1, 0.15) is 11.1 Å². The molecule has 0 heterocycles. The van der Waals surface area contributed by atoms with Crippen LogP contribution < -0.4 is 0 Å². The lowest BCUT2D eigenvalue weighted by Gasteiger charge is -2.30. The molecule has 0 aliphatic carbocycles. The second kappa shape index (κ2) is 7.44. The molecule has 0 aromatic heterocycles. The van der Waals surface area contributed by atoms with Crippen LogP contribution in [0.2, 0.25) is 15.1 Å². The summed E-state index contributed by atoms with van der Waals surface area (Å²) in [7, 11) is 0. The lowest BCUT2D eigenvalue weighted by Crippen LogP contribution is -2.33. The average Bonchev–Trinajstić information content (AvgIpc) is 2.48. The van der Waals surface area contributed by atoms with Crippen molar-refractivity contribution in [2.45, 2.75) is 11.8 Å². The minimum Gasteiger partial charge on any atom is -0.126 e. The summed E-state index contributed by atoms with van der Waals surface area (Å²) < 4.78 is 0. The minimum atomic E-state index is -0.398. The maximum Gasteiger partial charge on any atom is 0.0595 e. The molecule has 21 heavy (non-hydrogen) atoms. The van der Waals surface area contributed by atoms with Crippen molar-refractivity contribution in [1.29, 1.82) is 0 Å². The summed E-state index contributed by atoms with van der Waals surface area (Å²) in [5.41, 5.74) is 1.65. The number of halogens is 5. The second-order valence-electron chi connectivity index (χ2n) is 4.98. The van der Waals surface area contributed by atoms with Gasteiger partial charge in [0.15, 0.2) is 0 Å². The molecule has 0 spiro atoms. The van der Waals surface area contributed by atoms with Gasteiger partial charge in [-0.1, -0.05) is 53.0 Å². The van der Waals surface area contributed by atoms with E-state index in [1.54, 1.807) is 6.07 Å². The van der Waals surface area contributed by atoms with Crippen LogP contribution in [0.15, 0.2) is 42.5 Å². The van der Waals surface area contributed by atoms with Gasteiger partial charge in [-0.25, -0.2) is 0 Å². The van der Waals surface area contributed by atoms with Crippen LogP contribution in [0, 0.1) is 0 Å². The number of benzene rings is 2. The van der Waals surface area contributed by atoms with E-state index in [1.165, 1.54) is 0 Å². The molecular weight excluding hydrogens is 369 g/mol. The van der Waals surface area contributed by atoms with Crippen LogP contribution in [-0.2, 0) is 11.8 Å². The SMILES string of the molecule is ClCC(CCl)(Cc1ccc(Cl)c(Cl)c1)c1cccc(Cl)c1. The van der Waals surface area contributed by atoms with E-state index in [1.807, 2.05) is 36.4 Å². The van der Waals surface area contributed by atoms with Crippen molar-refractivity contribution >= 4 is 58.0 Å². The van der Waals surface area contributed by atoms with Gasteiger partial charge in [0, 0.05) is 22.2 Å². The van der Waals surface area contributed by atoms with Gasteiger partial charge in [-0.2, -0.15) is 0 Å². The van der Waals surface area contributed by atoms with Crippen LogP contribution >= 0.6 is 58.0 Å². The van der Waals surface area contributed by atoms with Gasteiger partial charge in [0.2, 0.25) is 0 Å². The fourth-order valence-corrected chi connectivity index (χ4v) is 3.54. The molecule has 2 aromatic carbocycles. The Kier molecular flexibility index (Phi) is 6.11. The molecule has 0 bridgehead atoms. The Morgan fingerprint density at radius 3 is 2.10 bits per heavy atom. The quantitative estimate of drug-likeness (QED) is 0.511. The van der Waals surface area contributed by atoms with Crippen LogP contribution in [-0.4, -0.2) is 11.8 Å². The van der Waals surface area contributed by atoms with Crippen molar-refractivity contribution in [3.63, 3.8) is 0 Å². The molecule has 5 heteroatoms. The fraction of sp³-hybridized carbons (Fsp3) is 0.250. The zero-order chi connectivity index (χ0) is 15.5. The predicted octanol–water partition coefficient (Wildman–Crippen LogP) is 6.60. The maximum absolute atomic E-state index is 6.25. The molecule has 0 aliphatic rings. The van der Waals surface area contributed by atoms with E-state index in [0.717, 1.165) is 11.1 Å². The van der Waals surface area contributed by atoms with Gasteiger partial charge in [-0.15, -0.1) is 23.2 Å². The Labute approximate surface area is 149 Å². The summed E-state index contributed by atoms with van der Waals surface area (Å²) in [6.07, 6.45) is 0.664. The molecule has 0 nitrogen and oxygen atoms in total. The zero-order valence-electron chi connectivity index (χ0n) is 11.1. The molecular formula is C16H13Cl5. The Morgan fingerprint density at radius 2 is 1.52 bits per heavy atom. The minimum absolute atomic E-state index is 0.386. The van der Waals surface area contributed by atoms with Crippen LogP contribution in [0.3, 0.4) is 0 Å². The van der Waals surface area contributed by atoms with Crippen molar-refractivity contribution in [1.82, 2.24) is 0 Å². The van der Waals surface area contributed by atoms with Gasteiger partial charge in [0.1, 0.15) is 0 Å². The van der Waals surface area contributed by atoms with Crippen LogP contribution in [0.4, 0.5) is 0 Å². The van der Waals surface area contributed by atoms with Gasteiger partial charge in [-0.05, 0) is 41.8 Å². The predicted molar refractivity (Wildman–Crippen MR) is 94.7 cm³/mol. The third-order valence-electron chi connectivity index (χ3n) is 3.48. The highest BCUT2D eigenvalue weighted by Crippen LogP contribution is 2.34. The first-order valence-electron chi connectivity index (χ1n) is 6.33. The topological polar surface area (TPSA) is 0 Å². The standard InChI is InChI=1S/C16H13Cl5/c17-9-16(10-18,12-2-1-3-13(19)7-12)8-11-4-5-14(20)15(21)6-11/h1-7H,8-10H2. The molecule has 0 atom stereocenters. The van der Waals surface area contributed by atoms with Crippen molar-refractivity contribution < 1.29 is 0 Å². The van der Waals surface area contributed by atoms with E-state index in [4.69, 9.17) is 58.0 Å². The Morgan fingerprint density at radius 1 is 0.810 bits per heavy atom. The molecule has 0 unspecified atom stereocenters. The maximum atomic E-state index is 6.25. The van der Waals surface area contributed by atoms with E-state index < -0.39 is 5.41 Å². The first-order chi connectivity index (χ1) is 10.0. The first-order valence-corrected chi connectivity index (χ1v) is 8.53. The summed E-state index contributed by atoms with van der Waals surface area (Å²) in [6.45, 7) is 0. The number of alkyl halides is 2. The third kappa shape index (κ3) is 4.00. The summed E-state index contributed by atoms with van der Waals surface area (Å²) in [5, 5.41) is 1.73. The normalized spacial score (nSPS) is 11.7. The molecule has 0 N–H and O–H groups in total. The fourth-order valence-electron chi connectivity index (χ4n) is 2.25. The van der Waals surface area contributed by atoms with Crippen LogP contribution in [0.5, 0.6) is 0 Å². The van der Waals surface area contributed by atoms with Gasteiger partial charge in [0.05, 0.1) is 10.0 Å². The summed E-state index contributed by atoms with van der Waals surface area (Å²) in [6, 6.07) is 13.2. The Bertz CT molecular complexity index is 620. The van der Waals surface area contributed by atoms with E-state index in [2.05, 4.69) is 0 Å². The molecule has 0 aliphatic heterocycles. The number of rotatable bonds is 5. The lowest BCUT2D eigenvalue weighted by atomic mass is 9.79. The summed E-state index contributed by atoms with van der Waals surface area (Å²) >= 11 is 30.6. The van der Waals surface area contributed by atoms with Gasteiger partial charge in [-0.3, -0.25) is 0 Å². The molecule has 0 fully saturated rings. The Hall–Kier alpha value is -0.110. The molecule has 0 radical (unpaired) electrons. The van der Waals surface area contributed by atoms with Crippen molar-refractivity contribution in [3.05, 3.63) is 68.7 Å². The second-order valence-corrected chi connectivity index (χ2v) is 6.77. The zero-order valence-corrected chi connectivity index (χ0v) is 14.8. The summed E-state index contributed by atoms with van der Waals surface area (Å²) in [5.74, 6) is 0.772. The number of hydrogen-bond acceptors (Lipinski definition) is 0. The average molecular weight is 383 g/mol. The van der Waals surface area contributed by atoms with Gasteiger partial charge < -0.3 is 0 Å². The largest absolute Gasteiger partial charge is 0.126 e. The highest BCUT2D eigenvalue weighted by Gasteiger charge is 2.31. The van der Waals surface area contributed by atoms with Gasteiger partial charge >= 0.3 is 0 Å². The number of hydrogen-bond donors (Lipinski definition) is 0. The van der Waals surface area contributed by atoms with Crippen molar-refractivity contribution in [3.8, 4) is 0 Å². The highest BCUT2D eigenvalue weighted by molar-refractivity contribution is 6.42. The molecule has 0 saturated heterocycles. The summed E-state index contributed by atoms with van der Waals surface area (Å²) in [4.78, 5) is 0. The first kappa shape index (κ1) is 17.2. The third-order valence-corrected chi connectivity index (χ3v) is 5.47. The van der Waals surface area contributed by atoms with E-state index in [9.17, 15) is 0 Å². The lowest BCUT2D eigenvalue weighted by molar-refractivity contribution is 0.536. The molecule has 0 amide bonds. The monoisotopic (exact) mass is 380 g/mol. The molecule has 0 saturated carbocycles. The molecule has 2 rings (SSSR count). The van der Waals surface area contributed by atoms with Gasteiger partial charge in [0.25, 0.3) is 0 Å².